The standard InChI is InChI=1S/C20H23F4NO6S/c1-18(2,3)30-17(26)25-9-4-7-19(8-10-25)12-16(31-32(27,28)20(22,23)24)14-11-13(21)5-6-15(14)29-19/h5-6,11-12H,4,7-10H2,1-3H3. The van der Waals surface area contributed by atoms with Crippen molar-refractivity contribution in [1.29, 1.82) is 0 Å². The van der Waals surface area contributed by atoms with Crippen molar-refractivity contribution in [2.24, 2.45) is 0 Å². The summed E-state index contributed by atoms with van der Waals surface area (Å²) in [6.45, 7) is 5.61. The van der Waals surface area contributed by atoms with Gasteiger partial charge in [-0.1, -0.05) is 0 Å². The summed E-state index contributed by atoms with van der Waals surface area (Å²) in [7, 11) is -5.99. The first-order valence-electron chi connectivity index (χ1n) is 9.81. The van der Waals surface area contributed by atoms with Crippen LogP contribution in [0.5, 0.6) is 5.75 Å². The monoisotopic (exact) mass is 481 g/mol. The number of hydrogen-bond donors (Lipinski definition) is 0. The topological polar surface area (TPSA) is 82.1 Å². The molecule has 1 aromatic carbocycles. The number of halogens is 4. The highest BCUT2D eigenvalue weighted by Gasteiger charge is 2.50. The molecule has 2 heterocycles. The van der Waals surface area contributed by atoms with Crippen molar-refractivity contribution in [3.63, 3.8) is 0 Å². The molecule has 32 heavy (non-hydrogen) atoms. The molecule has 0 aliphatic carbocycles. The molecule has 0 saturated carbocycles. The maximum Gasteiger partial charge on any atom is 0.534 e. The van der Waals surface area contributed by atoms with E-state index >= 15 is 0 Å². The molecule has 0 bridgehead atoms. The molecule has 1 aromatic rings. The van der Waals surface area contributed by atoms with Crippen LogP contribution in [0.25, 0.3) is 5.76 Å². The molecule has 0 radical (unpaired) electrons. The Balaban J connectivity index is 1.93. The zero-order valence-electron chi connectivity index (χ0n) is 17.7. The van der Waals surface area contributed by atoms with Crippen LogP contribution < -0.4 is 4.74 Å². The maximum absolute atomic E-state index is 13.7. The van der Waals surface area contributed by atoms with E-state index in [0.29, 0.717) is 13.0 Å². The fourth-order valence-corrected chi connectivity index (χ4v) is 3.94. The Hall–Kier alpha value is -2.50. The average Bonchev–Trinajstić information content (AvgIpc) is 2.82. The number of fused-ring (bicyclic) bond motifs is 1. The lowest BCUT2D eigenvalue weighted by molar-refractivity contribution is -0.0511. The molecule has 7 nitrogen and oxygen atoms in total. The van der Waals surface area contributed by atoms with Gasteiger partial charge in [-0.05, 0) is 51.8 Å². The number of benzene rings is 1. The van der Waals surface area contributed by atoms with Gasteiger partial charge in [0.2, 0.25) is 0 Å². The van der Waals surface area contributed by atoms with E-state index in [1.165, 1.54) is 11.0 Å². The zero-order chi connectivity index (χ0) is 23.9. The first-order valence-corrected chi connectivity index (χ1v) is 11.2. The molecule has 2 aliphatic rings. The van der Waals surface area contributed by atoms with Crippen molar-refractivity contribution in [2.45, 2.75) is 56.7 Å². The Kier molecular flexibility index (Phi) is 6.13. The molecule has 1 spiro atoms. The second-order valence-corrected chi connectivity index (χ2v) is 10.2. The Labute approximate surface area is 183 Å². The minimum atomic E-state index is -5.99. The highest BCUT2D eigenvalue weighted by atomic mass is 32.2. The predicted molar refractivity (Wildman–Crippen MR) is 105 cm³/mol. The summed E-state index contributed by atoms with van der Waals surface area (Å²) in [5.41, 5.74) is -7.88. The van der Waals surface area contributed by atoms with E-state index in [0.717, 1.165) is 18.2 Å². The lowest BCUT2D eigenvalue weighted by Crippen LogP contribution is -2.40. The molecular weight excluding hydrogens is 458 g/mol. The van der Waals surface area contributed by atoms with Crippen molar-refractivity contribution in [2.75, 3.05) is 13.1 Å². The lowest BCUT2D eigenvalue weighted by atomic mass is 9.90. The summed E-state index contributed by atoms with van der Waals surface area (Å²) >= 11 is 0. The lowest BCUT2D eigenvalue weighted by Gasteiger charge is -2.36. The smallest absolute Gasteiger partial charge is 0.482 e. The number of rotatable bonds is 2. The van der Waals surface area contributed by atoms with E-state index in [2.05, 4.69) is 4.18 Å². The SMILES string of the molecule is CC(C)(C)OC(=O)N1CCCC2(C=C(OS(=O)(=O)C(F)(F)F)c3cc(F)ccc3O2)CC1. The second-order valence-electron chi connectivity index (χ2n) is 8.62. The van der Waals surface area contributed by atoms with Gasteiger partial charge in [0.05, 0.1) is 5.56 Å². The molecule has 178 valence electrons. The van der Waals surface area contributed by atoms with Gasteiger partial charge >= 0.3 is 21.7 Å². The number of likely N-dealkylation sites (tertiary alicyclic amines) is 1. The summed E-state index contributed by atoms with van der Waals surface area (Å²) in [5, 5.41) is 0. The highest BCUT2D eigenvalue weighted by molar-refractivity contribution is 7.87. The van der Waals surface area contributed by atoms with Crippen LogP contribution in [0.4, 0.5) is 22.4 Å². The van der Waals surface area contributed by atoms with Gasteiger partial charge in [0.15, 0.2) is 5.76 Å². The molecule has 1 atom stereocenters. The van der Waals surface area contributed by atoms with Gasteiger partial charge in [-0.25, -0.2) is 9.18 Å². The fourth-order valence-electron chi connectivity index (χ4n) is 3.47. The van der Waals surface area contributed by atoms with E-state index in [4.69, 9.17) is 9.47 Å². The quantitative estimate of drug-likeness (QED) is 0.349. The van der Waals surface area contributed by atoms with E-state index in [-0.39, 0.29) is 30.7 Å². The summed E-state index contributed by atoms with van der Waals surface area (Å²) in [5.74, 6) is -1.50. The molecule has 1 fully saturated rings. The van der Waals surface area contributed by atoms with Crippen LogP contribution in [0.2, 0.25) is 0 Å². The zero-order valence-corrected chi connectivity index (χ0v) is 18.5. The van der Waals surface area contributed by atoms with Gasteiger partial charge in [0.25, 0.3) is 0 Å². The third-order valence-corrected chi connectivity index (χ3v) is 5.85. The molecule has 1 unspecified atom stereocenters. The third kappa shape index (κ3) is 5.28. The van der Waals surface area contributed by atoms with Gasteiger partial charge in [-0.2, -0.15) is 21.6 Å². The largest absolute Gasteiger partial charge is 0.534 e. The van der Waals surface area contributed by atoms with Crippen LogP contribution in [-0.2, 0) is 19.0 Å². The summed E-state index contributed by atoms with van der Waals surface area (Å²) < 4.78 is 91.5. The Morgan fingerprint density at radius 3 is 2.47 bits per heavy atom. The van der Waals surface area contributed by atoms with Crippen molar-refractivity contribution < 1.29 is 44.4 Å². The molecule has 12 heteroatoms. The number of nitrogens with zero attached hydrogens (tertiary/aromatic N) is 1. The number of alkyl halides is 3. The van der Waals surface area contributed by atoms with Gasteiger partial charge in [-0.15, -0.1) is 0 Å². The molecule has 0 N–H and O–H groups in total. The average molecular weight is 481 g/mol. The van der Waals surface area contributed by atoms with Crippen molar-refractivity contribution in [1.82, 2.24) is 4.90 Å². The van der Waals surface area contributed by atoms with E-state index in [1.54, 1.807) is 20.8 Å². The van der Waals surface area contributed by atoms with Crippen molar-refractivity contribution >= 4 is 22.0 Å². The fraction of sp³-hybridized carbons (Fsp3) is 0.550. The molecule has 1 saturated heterocycles. The Bertz CT molecular complexity index is 1030. The third-order valence-electron chi connectivity index (χ3n) is 4.88. The molecule has 1 amide bonds. The van der Waals surface area contributed by atoms with Crippen LogP contribution >= 0.6 is 0 Å². The first-order chi connectivity index (χ1) is 14.6. The van der Waals surface area contributed by atoms with Crippen LogP contribution in [0.15, 0.2) is 24.3 Å². The van der Waals surface area contributed by atoms with Gasteiger partial charge in [-0.3, -0.25) is 0 Å². The number of carbonyl (C=O) groups is 1. The second kappa shape index (κ2) is 8.13. The predicted octanol–water partition coefficient (Wildman–Crippen LogP) is 4.59. The van der Waals surface area contributed by atoms with Gasteiger partial charge in [0, 0.05) is 25.6 Å². The highest BCUT2D eigenvalue weighted by Crippen LogP contribution is 2.43. The van der Waals surface area contributed by atoms with E-state index in [9.17, 15) is 30.8 Å². The number of amides is 1. The van der Waals surface area contributed by atoms with Gasteiger partial charge < -0.3 is 18.6 Å². The number of carbonyl (C=O) groups excluding carboxylic acids is 1. The van der Waals surface area contributed by atoms with E-state index in [1.807, 2.05) is 0 Å². The number of ether oxygens (including phenoxy) is 2. The van der Waals surface area contributed by atoms with Crippen LogP contribution in [0.1, 0.15) is 45.6 Å². The molecule has 3 rings (SSSR count). The van der Waals surface area contributed by atoms with E-state index < -0.39 is 44.5 Å². The summed E-state index contributed by atoms with van der Waals surface area (Å²) in [4.78, 5) is 13.9. The maximum atomic E-state index is 13.7. The van der Waals surface area contributed by atoms with Crippen LogP contribution in [-0.4, -0.2) is 49.2 Å². The Morgan fingerprint density at radius 2 is 1.84 bits per heavy atom. The minimum absolute atomic E-state index is 0.0213. The first kappa shape index (κ1) is 24.1. The molecular formula is C20H23F4NO6S. The van der Waals surface area contributed by atoms with Crippen LogP contribution in [0.3, 0.4) is 0 Å². The van der Waals surface area contributed by atoms with Crippen LogP contribution in [0, 0.1) is 5.82 Å². The Morgan fingerprint density at radius 1 is 1.16 bits per heavy atom. The molecule has 2 aliphatic heterocycles. The summed E-state index contributed by atoms with van der Waals surface area (Å²) in [6, 6.07) is 3.07. The summed E-state index contributed by atoms with van der Waals surface area (Å²) in [6.07, 6.45) is 1.35. The molecule has 0 aromatic heterocycles. The normalized spacial score (nSPS) is 21.8. The number of hydrogen-bond acceptors (Lipinski definition) is 6. The van der Waals surface area contributed by atoms with Gasteiger partial charge in [0.1, 0.15) is 22.8 Å². The minimum Gasteiger partial charge on any atom is -0.482 e. The van der Waals surface area contributed by atoms with Crippen molar-refractivity contribution in [3.8, 4) is 5.75 Å². The van der Waals surface area contributed by atoms with Crippen molar-refractivity contribution in [3.05, 3.63) is 35.7 Å².